The number of carbonyl (C=O) groups excluding carboxylic acids is 1. The average molecular weight is 385 g/mol. The van der Waals surface area contributed by atoms with E-state index in [2.05, 4.69) is 46.8 Å². The zero-order chi connectivity index (χ0) is 19.0. The van der Waals surface area contributed by atoms with E-state index in [-0.39, 0.29) is 18.2 Å². The summed E-state index contributed by atoms with van der Waals surface area (Å²) < 4.78 is 2.32. The van der Waals surface area contributed by atoms with Gasteiger partial charge in [-0.2, -0.15) is 0 Å². The minimum absolute atomic E-state index is 0.0862. The van der Waals surface area contributed by atoms with E-state index in [0.29, 0.717) is 22.7 Å². The highest BCUT2D eigenvalue weighted by atomic mass is 32.1. The van der Waals surface area contributed by atoms with Crippen LogP contribution in [0.3, 0.4) is 0 Å². The number of rotatable bonds is 4. The number of aromatic nitrogens is 4. The minimum atomic E-state index is 0.0862. The van der Waals surface area contributed by atoms with Gasteiger partial charge in [-0.3, -0.25) is 4.79 Å². The number of nitrogens with two attached hydrogens (primary N) is 1. The van der Waals surface area contributed by atoms with Crippen LogP contribution in [0.1, 0.15) is 49.5 Å². The van der Waals surface area contributed by atoms with Crippen LogP contribution >= 0.6 is 11.3 Å². The second-order valence-electron chi connectivity index (χ2n) is 7.31. The summed E-state index contributed by atoms with van der Waals surface area (Å²) in [6, 6.07) is 8.58. The first-order chi connectivity index (χ1) is 13.0. The summed E-state index contributed by atoms with van der Waals surface area (Å²) in [5.74, 6) is 1.42. The van der Waals surface area contributed by atoms with Gasteiger partial charge in [0.15, 0.2) is 0 Å². The summed E-state index contributed by atoms with van der Waals surface area (Å²) in [5.41, 5.74) is 7.81. The molecule has 3 heterocycles. The lowest BCUT2D eigenvalue weighted by atomic mass is 9.96. The lowest BCUT2D eigenvalue weighted by molar-refractivity contribution is -0.131. The van der Waals surface area contributed by atoms with Crippen LogP contribution in [0.25, 0.3) is 11.0 Å². The van der Waals surface area contributed by atoms with Crippen LogP contribution in [-0.4, -0.2) is 43.6 Å². The van der Waals surface area contributed by atoms with Gasteiger partial charge in [-0.25, -0.2) is 4.98 Å². The van der Waals surface area contributed by atoms with Crippen LogP contribution in [0.5, 0.6) is 0 Å². The quantitative estimate of drug-likeness (QED) is 0.747. The molecule has 0 aliphatic carbocycles. The summed E-state index contributed by atoms with van der Waals surface area (Å²) >= 11 is 1.28. The standard InChI is InChI=1S/C19H24N6OS/c1-12(2)25-15-8-4-3-7-14(15)21-18(25)13-6-5-9-24(11-13)17(26)10-16-22-23-19(20)27-16/h3-4,7-8,12-13H,5-6,9-11H2,1-2H3,(H2,20,23). The van der Waals surface area contributed by atoms with Crippen molar-refractivity contribution in [3.63, 3.8) is 0 Å². The van der Waals surface area contributed by atoms with Crippen LogP contribution in [0.15, 0.2) is 24.3 Å². The Morgan fingerprint density at radius 2 is 2.15 bits per heavy atom. The second-order valence-corrected chi connectivity index (χ2v) is 8.41. The molecule has 1 aromatic carbocycles. The first-order valence-corrected chi connectivity index (χ1v) is 10.2. The maximum atomic E-state index is 12.7. The number of piperidine rings is 1. The third-order valence-electron chi connectivity index (χ3n) is 5.06. The predicted molar refractivity (Wildman–Crippen MR) is 107 cm³/mol. The summed E-state index contributed by atoms with van der Waals surface area (Å²) in [5, 5.41) is 8.85. The first kappa shape index (κ1) is 17.9. The number of imidazole rings is 1. The molecular weight excluding hydrogens is 360 g/mol. The Bertz CT molecular complexity index is 962. The van der Waals surface area contributed by atoms with Gasteiger partial charge in [0.2, 0.25) is 11.0 Å². The maximum absolute atomic E-state index is 12.7. The molecule has 1 unspecified atom stereocenters. The van der Waals surface area contributed by atoms with E-state index in [0.717, 1.165) is 36.2 Å². The number of benzene rings is 1. The zero-order valence-corrected chi connectivity index (χ0v) is 16.4. The Balaban J connectivity index is 1.57. The van der Waals surface area contributed by atoms with E-state index in [1.165, 1.54) is 11.3 Å². The summed E-state index contributed by atoms with van der Waals surface area (Å²) in [6.07, 6.45) is 2.30. The average Bonchev–Trinajstić information content (AvgIpc) is 3.25. The minimum Gasteiger partial charge on any atom is -0.374 e. The number of amides is 1. The molecule has 0 radical (unpaired) electrons. The van der Waals surface area contributed by atoms with E-state index in [9.17, 15) is 4.79 Å². The van der Waals surface area contributed by atoms with Gasteiger partial charge in [0.05, 0.1) is 17.5 Å². The molecular formula is C19H24N6OS. The van der Waals surface area contributed by atoms with Crippen molar-refractivity contribution in [2.75, 3.05) is 18.8 Å². The van der Waals surface area contributed by atoms with Gasteiger partial charge in [0, 0.05) is 25.0 Å². The molecule has 0 bridgehead atoms. The van der Waals surface area contributed by atoms with Crippen molar-refractivity contribution < 1.29 is 4.79 Å². The fraction of sp³-hybridized carbons (Fsp3) is 0.474. The molecule has 27 heavy (non-hydrogen) atoms. The molecule has 2 N–H and O–H groups in total. The van der Waals surface area contributed by atoms with Crippen LogP contribution < -0.4 is 5.73 Å². The highest BCUT2D eigenvalue weighted by molar-refractivity contribution is 7.15. The van der Waals surface area contributed by atoms with E-state index in [1.807, 2.05) is 11.0 Å². The number of nitrogen functional groups attached to an aromatic ring is 1. The first-order valence-electron chi connectivity index (χ1n) is 9.35. The Kier molecular flexibility index (Phi) is 4.82. The molecule has 1 aliphatic heterocycles. The second kappa shape index (κ2) is 7.26. The van der Waals surface area contributed by atoms with Gasteiger partial charge in [-0.05, 0) is 38.8 Å². The van der Waals surface area contributed by atoms with Crippen LogP contribution in [0.2, 0.25) is 0 Å². The van der Waals surface area contributed by atoms with Gasteiger partial charge < -0.3 is 15.2 Å². The molecule has 4 rings (SSSR count). The number of hydrogen-bond donors (Lipinski definition) is 1. The molecule has 1 fully saturated rings. The molecule has 2 aromatic heterocycles. The van der Waals surface area contributed by atoms with E-state index >= 15 is 0 Å². The summed E-state index contributed by atoms with van der Waals surface area (Å²) in [4.78, 5) is 19.6. The van der Waals surface area contributed by atoms with Gasteiger partial charge >= 0.3 is 0 Å². The largest absolute Gasteiger partial charge is 0.374 e. The third-order valence-corrected chi connectivity index (χ3v) is 5.82. The molecule has 0 spiro atoms. The highest BCUT2D eigenvalue weighted by Gasteiger charge is 2.29. The number of likely N-dealkylation sites (tertiary alicyclic amines) is 1. The molecule has 0 saturated carbocycles. The van der Waals surface area contributed by atoms with E-state index in [4.69, 9.17) is 10.7 Å². The zero-order valence-electron chi connectivity index (χ0n) is 15.6. The monoisotopic (exact) mass is 384 g/mol. The van der Waals surface area contributed by atoms with E-state index in [1.54, 1.807) is 0 Å². The normalized spacial score (nSPS) is 17.7. The highest BCUT2D eigenvalue weighted by Crippen LogP contribution is 2.31. The van der Waals surface area contributed by atoms with Crippen molar-refractivity contribution in [2.45, 2.75) is 45.1 Å². The fourth-order valence-corrected chi connectivity index (χ4v) is 4.49. The third kappa shape index (κ3) is 3.53. The van der Waals surface area contributed by atoms with Crippen LogP contribution in [0, 0.1) is 0 Å². The Labute approximate surface area is 162 Å². The van der Waals surface area contributed by atoms with Crippen molar-refractivity contribution in [2.24, 2.45) is 0 Å². The molecule has 7 nitrogen and oxygen atoms in total. The smallest absolute Gasteiger partial charge is 0.229 e. The molecule has 8 heteroatoms. The lowest BCUT2D eigenvalue weighted by Gasteiger charge is -2.33. The molecule has 142 valence electrons. The Morgan fingerprint density at radius 1 is 1.33 bits per heavy atom. The maximum Gasteiger partial charge on any atom is 0.229 e. The van der Waals surface area contributed by atoms with Crippen molar-refractivity contribution in [3.8, 4) is 0 Å². The number of carbonyl (C=O) groups is 1. The molecule has 1 aliphatic rings. The summed E-state index contributed by atoms with van der Waals surface area (Å²) in [6.45, 7) is 5.85. The number of para-hydroxylation sites is 2. The Morgan fingerprint density at radius 3 is 2.89 bits per heavy atom. The van der Waals surface area contributed by atoms with Gasteiger partial charge in [-0.1, -0.05) is 23.5 Å². The van der Waals surface area contributed by atoms with Crippen LogP contribution in [0.4, 0.5) is 5.13 Å². The van der Waals surface area contributed by atoms with E-state index < -0.39 is 0 Å². The number of hydrogen-bond acceptors (Lipinski definition) is 6. The van der Waals surface area contributed by atoms with Crippen molar-refractivity contribution in [1.29, 1.82) is 0 Å². The lowest BCUT2D eigenvalue weighted by Crippen LogP contribution is -2.40. The fourth-order valence-electron chi connectivity index (χ4n) is 3.89. The number of nitrogens with zero attached hydrogens (tertiary/aromatic N) is 5. The summed E-state index contributed by atoms with van der Waals surface area (Å²) in [7, 11) is 0. The van der Waals surface area contributed by atoms with Crippen molar-refractivity contribution in [1.82, 2.24) is 24.6 Å². The molecule has 1 saturated heterocycles. The van der Waals surface area contributed by atoms with Gasteiger partial charge in [-0.15, -0.1) is 10.2 Å². The van der Waals surface area contributed by atoms with Crippen molar-refractivity contribution in [3.05, 3.63) is 35.1 Å². The Hall–Kier alpha value is -2.48. The van der Waals surface area contributed by atoms with Gasteiger partial charge in [0.1, 0.15) is 10.8 Å². The number of fused-ring (bicyclic) bond motifs is 1. The van der Waals surface area contributed by atoms with Crippen molar-refractivity contribution >= 4 is 33.4 Å². The van der Waals surface area contributed by atoms with Crippen LogP contribution in [-0.2, 0) is 11.2 Å². The topological polar surface area (TPSA) is 89.9 Å². The van der Waals surface area contributed by atoms with Gasteiger partial charge in [0.25, 0.3) is 0 Å². The SMILES string of the molecule is CC(C)n1c(C2CCCN(C(=O)Cc3nnc(N)s3)C2)nc2ccccc21. The number of anilines is 1. The molecule has 1 atom stereocenters. The molecule has 3 aromatic rings. The molecule has 1 amide bonds. The predicted octanol–water partition coefficient (Wildman–Crippen LogP) is 3.00.